The molecule has 15 heteroatoms. The highest BCUT2D eigenvalue weighted by molar-refractivity contribution is 5.95. The van der Waals surface area contributed by atoms with Gasteiger partial charge in [0.2, 0.25) is 5.91 Å². The maximum absolute atomic E-state index is 12.5. The molecular formula is C21H22N8O7. The number of hydrogen-bond acceptors (Lipinski definition) is 8. The number of guanidine groups is 1. The summed E-state index contributed by atoms with van der Waals surface area (Å²) in [6.07, 6.45) is 0.186. The summed E-state index contributed by atoms with van der Waals surface area (Å²) < 4.78 is 6.83. The molecule has 0 aliphatic carbocycles. The van der Waals surface area contributed by atoms with E-state index in [0.717, 1.165) is 15.3 Å². The Morgan fingerprint density at radius 2 is 1.86 bits per heavy atom. The zero-order valence-corrected chi connectivity index (χ0v) is 18.6. The molecule has 1 atom stereocenters. The molecule has 0 radical (unpaired) electrons. The third-order valence-electron chi connectivity index (χ3n) is 4.68. The van der Waals surface area contributed by atoms with Gasteiger partial charge in [0, 0.05) is 12.7 Å². The lowest BCUT2D eigenvalue weighted by molar-refractivity contribution is -0.139. The van der Waals surface area contributed by atoms with Crippen molar-refractivity contribution in [1.29, 1.82) is 5.41 Å². The van der Waals surface area contributed by atoms with Crippen LogP contribution in [-0.4, -0.2) is 61.7 Å². The molecule has 7 N–H and O–H groups in total. The number of amides is 3. The fraction of sp³-hybridized carbons (Fsp3) is 0.190. The average Bonchev–Trinajstić information content (AvgIpc) is 3.14. The van der Waals surface area contributed by atoms with E-state index in [9.17, 15) is 29.1 Å². The second kappa shape index (κ2) is 11.3. The van der Waals surface area contributed by atoms with Crippen LogP contribution in [0, 0.1) is 5.41 Å². The van der Waals surface area contributed by atoms with Gasteiger partial charge in [0.1, 0.15) is 19.2 Å². The first-order chi connectivity index (χ1) is 17.1. The topological polar surface area (TPSA) is 223 Å². The maximum atomic E-state index is 12.5. The van der Waals surface area contributed by atoms with Crippen LogP contribution >= 0.6 is 0 Å². The molecule has 0 bridgehead atoms. The quantitative estimate of drug-likeness (QED) is 0.151. The first-order valence-corrected chi connectivity index (χ1v) is 10.4. The number of fused-ring (bicyclic) bond motifs is 1. The normalized spacial score (nSPS) is 11.3. The number of alkyl carbamates (subject to hydrolysis) is 1. The number of pyridine rings is 1. The fourth-order valence-electron chi connectivity index (χ4n) is 2.99. The SMILES string of the molecule is N=C(N)NC(=O)Cn1nc2ccc(C(=O)NCC(NC(=O)OCc3ccccc3)C(=O)O)cn2c1=O. The number of carboxylic acid groups (broad SMARTS) is 1. The second-order valence-corrected chi connectivity index (χ2v) is 7.35. The molecule has 188 valence electrons. The third kappa shape index (κ3) is 6.66. The van der Waals surface area contributed by atoms with Crippen molar-refractivity contribution in [3.8, 4) is 0 Å². The standard InChI is InChI=1S/C21H22N8O7/c22-19(23)26-16(30)10-29-21(35)28-9-13(6-7-15(28)27-29)17(31)24-8-14(18(32)33)25-20(34)36-11-12-4-2-1-3-5-12/h1-7,9,14H,8,10-11H2,(H,24,31)(H,25,34)(H,32,33)(H4,22,23,26,30). The molecule has 1 unspecified atom stereocenters. The van der Waals surface area contributed by atoms with Gasteiger partial charge in [0.05, 0.1) is 5.56 Å². The minimum Gasteiger partial charge on any atom is -0.480 e. The summed E-state index contributed by atoms with van der Waals surface area (Å²) in [7, 11) is 0. The molecule has 0 fully saturated rings. The number of nitrogens with two attached hydrogens (primary N) is 1. The van der Waals surface area contributed by atoms with Crippen LogP contribution in [0.5, 0.6) is 0 Å². The highest BCUT2D eigenvalue weighted by atomic mass is 16.5. The van der Waals surface area contributed by atoms with Gasteiger partial charge in [-0.2, -0.15) is 0 Å². The Labute approximate surface area is 202 Å². The van der Waals surface area contributed by atoms with E-state index >= 15 is 0 Å². The van der Waals surface area contributed by atoms with Gasteiger partial charge in [-0.25, -0.2) is 23.5 Å². The van der Waals surface area contributed by atoms with Crippen LogP contribution in [-0.2, 0) is 27.5 Å². The summed E-state index contributed by atoms with van der Waals surface area (Å²) in [6, 6.07) is 9.98. The zero-order chi connectivity index (χ0) is 26.2. The number of carbonyl (C=O) groups is 4. The molecule has 2 aromatic heterocycles. The first kappa shape index (κ1) is 25.4. The van der Waals surface area contributed by atoms with Gasteiger partial charge in [0.15, 0.2) is 11.6 Å². The van der Waals surface area contributed by atoms with Crippen molar-refractivity contribution >= 4 is 35.5 Å². The van der Waals surface area contributed by atoms with Crippen LogP contribution in [0.25, 0.3) is 5.65 Å². The van der Waals surface area contributed by atoms with Crippen molar-refractivity contribution < 1.29 is 29.0 Å². The van der Waals surface area contributed by atoms with E-state index in [2.05, 4.69) is 15.7 Å². The molecule has 3 aromatic rings. The maximum Gasteiger partial charge on any atom is 0.408 e. The Morgan fingerprint density at radius 1 is 1.14 bits per heavy atom. The minimum atomic E-state index is -1.48. The Hall–Kier alpha value is -5.21. The molecule has 3 amide bonds. The minimum absolute atomic E-state index is 0.00636. The monoisotopic (exact) mass is 498 g/mol. The molecule has 1 aromatic carbocycles. The summed E-state index contributed by atoms with van der Waals surface area (Å²) in [6.45, 7) is -1.04. The molecule has 0 saturated carbocycles. The fourth-order valence-corrected chi connectivity index (χ4v) is 2.99. The van der Waals surface area contributed by atoms with Gasteiger partial charge in [-0.15, -0.1) is 5.10 Å². The molecule has 0 saturated heterocycles. The molecule has 36 heavy (non-hydrogen) atoms. The van der Waals surface area contributed by atoms with Gasteiger partial charge in [0.25, 0.3) is 5.91 Å². The number of hydrogen-bond donors (Lipinski definition) is 6. The van der Waals surface area contributed by atoms with Crippen LogP contribution in [0.2, 0.25) is 0 Å². The van der Waals surface area contributed by atoms with E-state index in [4.69, 9.17) is 15.9 Å². The van der Waals surface area contributed by atoms with Crippen molar-refractivity contribution in [3.05, 3.63) is 70.3 Å². The number of nitrogens with zero attached hydrogens (tertiary/aromatic N) is 3. The van der Waals surface area contributed by atoms with E-state index in [1.54, 1.807) is 30.3 Å². The zero-order valence-electron chi connectivity index (χ0n) is 18.6. The van der Waals surface area contributed by atoms with Crippen molar-refractivity contribution in [3.63, 3.8) is 0 Å². The van der Waals surface area contributed by atoms with Crippen molar-refractivity contribution in [1.82, 2.24) is 30.1 Å². The lowest BCUT2D eigenvalue weighted by Gasteiger charge is -2.15. The van der Waals surface area contributed by atoms with E-state index < -0.39 is 54.7 Å². The first-order valence-electron chi connectivity index (χ1n) is 10.4. The van der Waals surface area contributed by atoms with Crippen molar-refractivity contribution in [2.45, 2.75) is 19.2 Å². The van der Waals surface area contributed by atoms with E-state index in [-0.39, 0.29) is 17.8 Å². The number of benzene rings is 1. The molecule has 0 aliphatic heterocycles. The molecule has 2 heterocycles. The second-order valence-electron chi connectivity index (χ2n) is 7.35. The number of carbonyl (C=O) groups excluding carboxylic acids is 3. The van der Waals surface area contributed by atoms with E-state index in [1.807, 2.05) is 5.32 Å². The van der Waals surface area contributed by atoms with E-state index in [1.165, 1.54) is 12.1 Å². The van der Waals surface area contributed by atoms with Gasteiger partial charge < -0.3 is 26.2 Å². The van der Waals surface area contributed by atoms with Crippen LogP contribution in [0.15, 0.2) is 53.5 Å². The van der Waals surface area contributed by atoms with Gasteiger partial charge in [-0.3, -0.25) is 20.3 Å². The molecule has 3 rings (SSSR count). The Bertz CT molecular complexity index is 1370. The number of nitrogens with one attached hydrogen (secondary N) is 4. The van der Waals surface area contributed by atoms with Crippen molar-refractivity contribution in [2.75, 3.05) is 6.54 Å². The summed E-state index contributed by atoms with van der Waals surface area (Å²) in [5.41, 5.74) is 5.18. The van der Waals surface area contributed by atoms with Crippen LogP contribution in [0.3, 0.4) is 0 Å². The lowest BCUT2D eigenvalue weighted by atomic mass is 10.2. The number of carboxylic acids is 1. The van der Waals surface area contributed by atoms with E-state index in [0.29, 0.717) is 5.56 Å². The summed E-state index contributed by atoms with van der Waals surface area (Å²) >= 11 is 0. The van der Waals surface area contributed by atoms with Crippen LogP contribution < -0.4 is 27.4 Å². The average molecular weight is 498 g/mol. The third-order valence-corrected chi connectivity index (χ3v) is 4.68. The van der Waals surface area contributed by atoms with Crippen LogP contribution in [0.1, 0.15) is 15.9 Å². The van der Waals surface area contributed by atoms with Gasteiger partial charge in [-0.05, 0) is 17.7 Å². The number of rotatable bonds is 9. The summed E-state index contributed by atoms with van der Waals surface area (Å²) in [4.78, 5) is 60.2. The number of aromatic nitrogens is 3. The Balaban J connectivity index is 1.61. The highest BCUT2D eigenvalue weighted by Gasteiger charge is 2.22. The predicted octanol–water partition coefficient (Wildman–Crippen LogP) is -1.38. The summed E-state index contributed by atoms with van der Waals surface area (Å²) in [5.74, 6) is -3.45. The molecule has 0 aliphatic rings. The Kier molecular flexibility index (Phi) is 7.96. The van der Waals surface area contributed by atoms with Crippen LogP contribution in [0.4, 0.5) is 4.79 Å². The molecule has 15 nitrogen and oxygen atoms in total. The predicted molar refractivity (Wildman–Crippen MR) is 123 cm³/mol. The molecular weight excluding hydrogens is 476 g/mol. The number of ether oxygens (including phenoxy) is 1. The molecule has 0 spiro atoms. The Morgan fingerprint density at radius 3 is 2.53 bits per heavy atom. The van der Waals surface area contributed by atoms with Crippen molar-refractivity contribution in [2.24, 2.45) is 5.73 Å². The number of aliphatic carboxylic acids is 1. The van der Waals surface area contributed by atoms with Gasteiger partial charge >= 0.3 is 17.8 Å². The summed E-state index contributed by atoms with van der Waals surface area (Å²) in [5, 5.41) is 26.9. The largest absolute Gasteiger partial charge is 0.480 e. The smallest absolute Gasteiger partial charge is 0.408 e. The van der Waals surface area contributed by atoms with Gasteiger partial charge in [-0.1, -0.05) is 30.3 Å². The lowest BCUT2D eigenvalue weighted by Crippen LogP contribution is -2.48. The highest BCUT2D eigenvalue weighted by Crippen LogP contribution is 2.04.